The first-order valence-corrected chi connectivity index (χ1v) is 15.6. The number of halogens is 1. The summed E-state index contributed by atoms with van der Waals surface area (Å²) in [5, 5.41) is 2.92. The van der Waals surface area contributed by atoms with Crippen molar-refractivity contribution in [1.82, 2.24) is 10.2 Å². The zero-order valence-corrected chi connectivity index (χ0v) is 25.4. The molecular formula is C32H40FN3O5S. The van der Waals surface area contributed by atoms with Gasteiger partial charge in [-0.2, -0.15) is 0 Å². The second-order valence-electron chi connectivity index (χ2n) is 10.3. The zero-order chi connectivity index (χ0) is 30.7. The first-order chi connectivity index (χ1) is 20.1. The molecule has 0 radical (unpaired) electrons. The van der Waals surface area contributed by atoms with Gasteiger partial charge in [-0.3, -0.25) is 13.9 Å². The van der Waals surface area contributed by atoms with E-state index in [-0.39, 0.29) is 29.0 Å². The van der Waals surface area contributed by atoms with Gasteiger partial charge in [0, 0.05) is 13.1 Å². The molecule has 8 nitrogen and oxygen atoms in total. The van der Waals surface area contributed by atoms with Crippen molar-refractivity contribution in [1.29, 1.82) is 0 Å². The number of nitrogens with zero attached hydrogens (tertiary/aromatic N) is 2. The Labute approximate surface area is 248 Å². The highest BCUT2D eigenvalue weighted by molar-refractivity contribution is 7.92. The Morgan fingerprint density at radius 1 is 0.929 bits per heavy atom. The van der Waals surface area contributed by atoms with Crippen molar-refractivity contribution in [3.05, 3.63) is 90.2 Å². The van der Waals surface area contributed by atoms with Crippen molar-refractivity contribution in [2.45, 2.75) is 51.5 Å². The Morgan fingerprint density at radius 3 is 2.14 bits per heavy atom. The standard InChI is InChI=1S/C32H40FN3O5S/c1-5-30(32(38)34-22-24(3)4)35(21-20-25-10-8-7-9-11-25)31(37)23-36(27-14-16-28(17-15-27)41-6-2)42(39,40)29-18-12-26(33)13-19-29/h7-19,24,30H,5-6,20-23H2,1-4H3,(H,34,38)/t30-/m1/s1. The highest BCUT2D eigenvalue weighted by Crippen LogP contribution is 2.27. The first kappa shape index (κ1) is 32.6. The second-order valence-corrected chi connectivity index (χ2v) is 12.1. The van der Waals surface area contributed by atoms with E-state index >= 15 is 0 Å². The summed E-state index contributed by atoms with van der Waals surface area (Å²) in [5.41, 5.74) is 1.21. The topological polar surface area (TPSA) is 96.0 Å². The van der Waals surface area contributed by atoms with E-state index in [1.165, 1.54) is 4.90 Å². The van der Waals surface area contributed by atoms with Crippen LogP contribution in [0.5, 0.6) is 5.75 Å². The number of ether oxygens (including phenoxy) is 1. The molecule has 3 rings (SSSR count). The van der Waals surface area contributed by atoms with Gasteiger partial charge < -0.3 is 15.0 Å². The van der Waals surface area contributed by atoms with Crippen LogP contribution in [0.15, 0.2) is 83.8 Å². The summed E-state index contributed by atoms with van der Waals surface area (Å²) in [7, 11) is -4.29. The van der Waals surface area contributed by atoms with Crippen LogP contribution in [0, 0.1) is 11.7 Å². The van der Waals surface area contributed by atoms with E-state index in [2.05, 4.69) is 5.32 Å². The lowest BCUT2D eigenvalue weighted by Gasteiger charge is -2.33. The molecule has 0 aliphatic heterocycles. The average molecular weight is 598 g/mol. The molecule has 42 heavy (non-hydrogen) atoms. The monoisotopic (exact) mass is 597 g/mol. The molecular weight excluding hydrogens is 557 g/mol. The maximum absolute atomic E-state index is 14.0. The predicted molar refractivity (Wildman–Crippen MR) is 162 cm³/mol. The van der Waals surface area contributed by atoms with Gasteiger partial charge in [0.25, 0.3) is 10.0 Å². The van der Waals surface area contributed by atoms with Gasteiger partial charge in [-0.1, -0.05) is 51.1 Å². The Bertz CT molecular complexity index is 1400. The van der Waals surface area contributed by atoms with Crippen LogP contribution in [-0.2, 0) is 26.0 Å². The van der Waals surface area contributed by atoms with Crippen molar-refractivity contribution >= 4 is 27.5 Å². The highest BCUT2D eigenvalue weighted by atomic mass is 32.2. The smallest absolute Gasteiger partial charge is 0.264 e. The molecule has 1 N–H and O–H groups in total. The molecule has 0 aromatic heterocycles. The molecule has 1 atom stereocenters. The van der Waals surface area contributed by atoms with Crippen molar-refractivity contribution < 1.29 is 27.1 Å². The normalized spacial score (nSPS) is 12.0. The lowest BCUT2D eigenvalue weighted by atomic mass is 10.1. The minimum absolute atomic E-state index is 0.164. The van der Waals surface area contributed by atoms with Crippen molar-refractivity contribution in [3.8, 4) is 5.75 Å². The van der Waals surface area contributed by atoms with Crippen LogP contribution in [0.25, 0.3) is 0 Å². The number of amides is 2. The van der Waals surface area contributed by atoms with Gasteiger partial charge in [0.1, 0.15) is 24.2 Å². The summed E-state index contributed by atoms with van der Waals surface area (Å²) in [5.74, 6) is -0.637. The van der Waals surface area contributed by atoms with E-state index in [4.69, 9.17) is 4.74 Å². The Morgan fingerprint density at radius 2 is 1.57 bits per heavy atom. The molecule has 2 amide bonds. The Kier molecular flexibility index (Phi) is 11.9. The summed E-state index contributed by atoms with van der Waals surface area (Å²) in [6.45, 7) is 8.16. The maximum Gasteiger partial charge on any atom is 0.264 e. The van der Waals surface area contributed by atoms with Crippen LogP contribution >= 0.6 is 0 Å². The molecule has 0 saturated carbocycles. The first-order valence-electron chi connectivity index (χ1n) is 14.2. The van der Waals surface area contributed by atoms with Crippen molar-refractivity contribution in [3.63, 3.8) is 0 Å². The average Bonchev–Trinajstić information content (AvgIpc) is 2.98. The summed E-state index contributed by atoms with van der Waals surface area (Å²) in [6.07, 6.45) is 0.826. The number of hydrogen-bond acceptors (Lipinski definition) is 5. The van der Waals surface area contributed by atoms with Crippen molar-refractivity contribution in [2.75, 3.05) is 30.5 Å². The SMILES string of the molecule is CCOc1ccc(N(CC(=O)N(CCc2ccccc2)[C@H](CC)C(=O)NCC(C)C)S(=O)(=O)c2ccc(F)cc2)cc1. The number of anilines is 1. The summed E-state index contributed by atoms with van der Waals surface area (Å²) < 4.78 is 47.9. The molecule has 226 valence electrons. The lowest BCUT2D eigenvalue weighted by molar-refractivity contribution is -0.139. The van der Waals surface area contributed by atoms with Crippen LogP contribution in [0.4, 0.5) is 10.1 Å². The van der Waals surface area contributed by atoms with Gasteiger partial charge in [0.2, 0.25) is 11.8 Å². The number of nitrogens with one attached hydrogen (secondary N) is 1. The fourth-order valence-electron chi connectivity index (χ4n) is 4.46. The molecule has 0 aliphatic carbocycles. The largest absolute Gasteiger partial charge is 0.494 e. The van der Waals surface area contributed by atoms with Gasteiger partial charge in [0.15, 0.2) is 0 Å². The number of carbonyl (C=O) groups is 2. The van der Waals surface area contributed by atoms with Gasteiger partial charge in [-0.15, -0.1) is 0 Å². The van der Waals surface area contributed by atoms with Crippen molar-refractivity contribution in [2.24, 2.45) is 5.92 Å². The molecule has 0 bridgehead atoms. The summed E-state index contributed by atoms with van der Waals surface area (Å²) >= 11 is 0. The summed E-state index contributed by atoms with van der Waals surface area (Å²) in [6, 6.07) is 19.6. The predicted octanol–water partition coefficient (Wildman–Crippen LogP) is 5.04. The van der Waals surface area contributed by atoms with E-state index in [0.29, 0.717) is 31.7 Å². The van der Waals surface area contributed by atoms with Crippen LogP contribution in [0.2, 0.25) is 0 Å². The van der Waals surface area contributed by atoms with Gasteiger partial charge in [0.05, 0.1) is 17.2 Å². The molecule has 0 spiro atoms. The minimum atomic E-state index is -4.29. The Balaban J connectivity index is 2.00. The van der Waals surface area contributed by atoms with E-state index in [1.807, 2.05) is 58.0 Å². The van der Waals surface area contributed by atoms with E-state index in [0.717, 1.165) is 34.1 Å². The molecule has 0 fully saturated rings. The third-order valence-electron chi connectivity index (χ3n) is 6.67. The number of benzene rings is 3. The molecule has 0 saturated heterocycles. The second kappa shape index (κ2) is 15.3. The quantitative estimate of drug-likeness (QED) is 0.265. The summed E-state index contributed by atoms with van der Waals surface area (Å²) in [4.78, 5) is 28.6. The lowest BCUT2D eigenvalue weighted by Crippen LogP contribution is -2.53. The number of sulfonamides is 1. The van der Waals surface area contributed by atoms with Gasteiger partial charge in [-0.25, -0.2) is 12.8 Å². The number of rotatable bonds is 15. The van der Waals surface area contributed by atoms with Crippen LogP contribution in [0.1, 0.15) is 39.7 Å². The van der Waals surface area contributed by atoms with Crippen LogP contribution in [-0.4, -0.2) is 57.4 Å². The molecule has 10 heteroatoms. The van der Waals surface area contributed by atoms with Gasteiger partial charge in [-0.05, 0) is 79.8 Å². The third kappa shape index (κ3) is 8.79. The molecule has 3 aromatic rings. The van der Waals surface area contributed by atoms with Crippen LogP contribution < -0.4 is 14.4 Å². The Hall–Kier alpha value is -3.92. The highest BCUT2D eigenvalue weighted by Gasteiger charge is 2.33. The maximum atomic E-state index is 14.0. The van der Waals surface area contributed by atoms with E-state index in [1.54, 1.807) is 24.3 Å². The fourth-order valence-corrected chi connectivity index (χ4v) is 5.87. The van der Waals surface area contributed by atoms with Crippen LogP contribution in [0.3, 0.4) is 0 Å². The fraction of sp³-hybridized carbons (Fsp3) is 0.375. The molecule has 0 heterocycles. The molecule has 0 unspecified atom stereocenters. The number of hydrogen-bond donors (Lipinski definition) is 1. The molecule has 0 aliphatic rings. The van der Waals surface area contributed by atoms with E-state index in [9.17, 15) is 22.4 Å². The van der Waals surface area contributed by atoms with E-state index < -0.39 is 34.3 Å². The number of carbonyl (C=O) groups excluding carboxylic acids is 2. The third-order valence-corrected chi connectivity index (χ3v) is 8.46. The minimum Gasteiger partial charge on any atom is -0.494 e. The zero-order valence-electron chi connectivity index (χ0n) is 24.6. The molecule has 3 aromatic carbocycles. The van der Waals surface area contributed by atoms with Gasteiger partial charge >= 0.3 is 0 Å².